The first kappa shape index (κ1) is 18.6. The predicted octanol–water partition coefficient (Wildman–Crippen LogP) is 0.462. The van der Waals surface area contributed by atoms with E-state index in [2.05, 4.69) is 16.7 Å². The zero-order valence-corrected chi connectivity index (χ0v) is 13.7. The van der Waals surface area contributed by atoms with Crippen molar-refractivity contribution in [2.45, 2.75) is 30.4 Å². The van der Waals surface area contributed by atoms with Gasteiger partial charge in [0.05, 0.1) is 30.2 Å². The van der Waals surface area contributed by atoms with Gasteiger partial charge in [0.1, 0.15) is 5.82 Å². The van der Waals surface area contributed by atoms with Crippen LogP contribution in [0.4, 0.5) is 4.39 Å². The largest absolute Gasteiger partial charge is 0.394 e. The molecule has 8 heteroatoms. The van der Waals surface area contributed by atoms with E-state index in [4.69, 9.17) is 16.7 Å². The lowest BCUT2D eigenvalue weighted by Crippen LogP contribution is -2.41. The number of amides is 1. The van der Waals surface area contributed by atoms with Crippen molar-refractivity contribution in [1.82, 2.24) is 10.6 Å². The van der Waals surface area contributed by atoms with Crippen LogP contribution in [0.1, 0.15) is 18.4 Å². The Labute approximate surface area is 144 Å². The van der Waals surface area contributed by atoms with E-state index in [0.717, 1.165) is 6.07 Å². The average Bonchev–Trinajstić information content (AvgIpc) is 3.00. The third kappa shape index (κ3) is 4.02. The lowest BCUT2D eigenvalue weighted by molar-refractivity contribution is -0.122. The van der Waals surface area contributed by atoms with Crippen molar-refractivity contribution in [1.29, 1.82) is 5.26 Å². The Morgan fingerprint density at radius 1 is 1.62 bits per heavy atom. The highest BCUT2D eigenvalue weighted by Crippen LogP contribution is 2.35. The summed E-state index contributed by atoms with van der Waals surface area (Å²) in [4.78, 5) is 12.1. The van der Waals surface area contributed by atoms with Gasteiger partial charge < -0.3 is 20.8 Å². The lowest BCUT2D eigenvalue weighted by Gasteiger charge is -2.21. The molecule has 0 aliphatic carbocycles. The van der Waals surface area contributed by atoms with Gasteiger partial charge >= 0.3 is 0 Å². The van der Waals surface area contributed by atoms with Crippen molar-refractivity contribution in [3.05, 3.63) is 34.6 Å². The standard InChI is InChI=1S/C16H19ClFN3O3/c17-10-1-2-12(13(18)5-10)16(8-19)6-14(21-9-16)15(24)20-4-3-11(23)7-22/h1-2,5,11,14,21-23H,3-4,6-7,9H2,(H,20,24)/t11-,14?,16?/m0/s1. The quantitative estimate of drug-likeness (QED) is 0.593. The van der Waals surface area contributed by atoms with Crippen molar-refractivity contribution in [2.75, 3.05) is 19.7 Å². The molecule has 0 radical (unpaired) electrons. The fourth-order valence-corrected chi connectivity index (χ4v) is 2.94. The first-order valence-electron chi connectivity index (χ1n) is 7.58. The molecule has 1 aromatic rings. The van der Waals surface area contributed by atoms with Gasteiger partial charge in [0.2, 0.25) is 5.91 Å². The topological polar surface area (TPSA) is 105 Å². The van der Waals surface area contributed by atoms with Gasteiger partial charge in [0, 0.05) is 23.7 Å². The number of nitrogens with zero attached hydrogens (tertiary/aromatic N) is 1. The van der Waals surface area contributed by atoms with Gasteiger partial charge in [-0.2, -0.15) is 5.26 Å². The van der Waals surface area contributed by atoms with Gasteiger partial charge in [-0.1, -0.05) is 17.7 Å². The molecule has 4 N–H and O–H groups in total. The number of aliphatic hydroxyl groups excluding tert-OH is 2. The van der Waals surface area contributed by atoms with Gasteiger partial charge in [-0.3, -0.25) is 4.79 Å². The molecule has 1 aliphatic heterocycles. The highest BCUT2D eigenvalue weighted by atomic mass is 35.5. The van der Waals surface area contributed by atoms with Crippen LogP contribution in [0.2, 0.25) is 5.02 Å². The number of hydrogen-bond acceptors (Lipinski definition) is 5. The highest BCUT2D eigenvalue weighted by molar-refractivity contribution is 6.30. The average molecular weight is 356 g/mol. The summed E-state index contributed by atoms with van der Waals surface area (Å²) in [6.07, 6.45) is -0.524. The molecule has 24 heavy (non-hydrogen) atoms. The van der Waals surface area contributed by atoms with E-state index in [1.807, 2.05) is 0 Å². The number of aliphatic hydroxyl groups is 2. The summed E-state index contributed by atoms with van der Waals surface area (Å²) in [6, 6.07) is 5.63. The molecule has 1 amide bonds. The van der Waals surface area contributed by atoms with Crippen molar-refractivity contribution in [3.8, 4) is 6.07 Å². The summed E-state index contributed by atoms with van der Waals surface area (Å²) in [5.74, 6) is -0.899. The van der Waals surface area contributed by atoms with E-state index in [1.54, 1.807) is 0 Å². The molecule has 0 bridgehead atoms. The second-order valence-electron chi connectivity index (χ2n) is 5.87. The number of carbonyl (C=O) groups is 1. The summed E-state index contributed by atoms with van der Waals surface area (Å²) in [6.45, 7) is -0.0159. The molecule has 130 valence electrons. The van der Waals surface area contributed by atoms with Crippen molar-refractivity contribution in [3.63, 3.8) is 0 Å². The first-order chi connectivity index (χ1) is 11.4. The fraction of sp³-hybridized carbons (Fsp3) is 0.500. The van der Waals surface area contributed by atoms with Crippen LogP contribution < -0.4 is 10.6 Å². The van der Waals surface area contributed by atoms with Gasteiger partial charge in [0.15, 0.2) is 0 Å². The molecular weight excluding hydrogens is 337 g/mol. The molecule has 6 nitrogen and oxygen atoms in total. The minimum Gasteiger partial charge on any atom is -0.394 e. The molecule has 0 aromatic heterocycles. The Bertz CT molecular complexity index is 652. The zero-order chi connectivity index (χ0) is 17.7. The van der Waals surface area contributed by atoms with E-state index in [-0.39, 0.29) is 49.0 Å². The van der Waals surface area contributed by atoms with Gasteiger partial charge in [-0.05, 0) is 25.0 Å². The Morgan fingerprint density at radius 3 is 3.00 bits per heavy atom. The van der Waals surface area contributed by atoms with Crippen molar-refractivity contribution >= 4 is 17.5 Å². The second kappa shape index (κ2) is 7.90. The number of halogens is 2. The Kier molecular flexibility index (Phi) is 6.13. The molecular formula is C16H19ClFN3O3. The number of carbonyl (C=O) groups excluding carboxylic acids is 1. The van der Waals surface area contributed by atoms with Gasteiger partial charge in [0.25, 0.3) is 0 Å². The molecule has 1 saturated heterocycles. The summed E-state index contributed by atoms with van der Waals surface area (Å²) in [5.41, 5.74) is -0.922. The van der Waals surface area contributed by atoms with Crippen LogP contribution in [0.15, 0.2) is 18.2 Å². The SMILES string of the molecule is N#CC1(c2ccc(Cl)cc2F)CNC(C(=O)NCC[C@H](O)CO)C1. The van der Waals surface area contributed by atoms with Crippen LogP contribution >= 0.6 is 11.6 Å². The number of rotatable bonds is 6. The molecule has 1 heterocycles. The summed E-state index contributed by atoms with van der Waals surface area (Å²) in [5, 5.41) is 33.4. The summed E-state index contributed by atoms with van der Waals surface area (Å²) < 4.78 is 14.2. The first-order valence-corrected chi connectivity index (χ1v) is 7.96. The molecule has 2 rings (SSSR count). The van der Waals surface area contributed by atoms with Crippen molar-refractivity contribution < 1.29 is 19.4 Å². The molecule has 0 saturated carbocycles. The van der Waals surface area contributed by atoms with E-state index in [9.17, 15) is 19.6 Å². The Hall–Kier alpha value is -1.72. The fourth-order valence-electron chi connectivity index (χ4n) is 2.78. The van der Waals surface area contributed by atoms with Crippen LogP contribution in [0, 0.1) is 17.1 Å². The monoisotopic (exact) mass is 355 g/mol. The number of benzene rings is 1. The maximum Gasteiger partial charge on any atom is 0.237 e. The van der Waals surface area contributed by atoms with E-state index < -0.39 is 23.4 Å². The third-order valence-electron chi connectivity index (χ3n) is 4.17. The molecule has 2 unspecified atom stereocenters. The minimum atomic E-state index is -1.14. The van der Waals surface area contributed by atoms with Crippen LogP contribution in [0.5, 0.6) is 0 Å². The molecule has 0 spiro atoms. The minimum absolute atomic E-state index is 0.135. The number of nitriles is 1. The summed E-state index contributed by atoms with van der Waals surface area (Å²) >= 11 is 5.75. The Balaban J connectivity index is 2.04. The van der Waals surface area contributed by atoms with Crippen molar-refractivity contribution in [2.24, 2.45) is 0 Å². The second-order valence-corrected chi connectivity index (χ2v) is 6.31. The normalized spacial score (nSPS) is 24.4. The molecule has 3 atom stereocenters. The Morgan fingerprint density at radius 2 is 2.38 bits per heavy atom. The molecule has 1 fully saturated rings. The van der Waals surface area contributed by atoms with Crippen LogP contribution in [-0.2, 0) is 10.2 Å². The zero-order valence-electron chi connectivity index (χ0n) is 12.9. The lowest BCUT2D eigenvalue weighted by atomic mass is 9.79. The van der Waals surface area contributed by atoms with E-state index in [0.29, 0.717) is 0 Å². The van der Waals surface area contributed by atoms with Gasteiger partial charge in [-0.15, -0.1) is 0 Å². The number of hydrogen-bond donors (Lipinski definition) is 4. The van der Waals surface area contributed by atoms with Gasteiger partial charge in [-0.25, -0.2) is 4.39 Å². The summed E-state index contributed by atoms with van der Waals surface area (Å²) in [7, 11) is 0. The van der Waals surface area contributed by atoms with Crippen LogP contribution in [-0.4, -0.2) is 48.0 Å². The van der Waals surface area contributed by atoms with Crippen LogP contribution in [0.25, 0.3) is 0 Å². The predicted molar refractivity (Wildman–Crippen MR) is 85.8 cm³/mol. The number of nitrogens with one attached hydrogen (secondary N) is 2. The van der Waals surface area contributed by atoms with E-state index >= 15 is 0 Å². The van der Waals surface area contributed by atoms with Crippen LogP contribution in [0.3, 0.4) is 0 Å². The third-order valence-corrected chi connectivity index (χ3v) is 4.40. The highest BCUT2D eigenvalue weighted by Gasteiger charge is 2.44. The maximum absolute atomic E-state index is 14.2. The maximum atomic E-state index is 14.2. The van der Waals surface area contributed by atoms with E-state index in [1.165, 1.54) is 12.1 Å². The molecule has 1 aliphatic rings. The smallest absolute Gasteiger partial charge is 0.237 e. The molecule has 1 aromatic carbocycles.